The topological polar surface area (TPSA) is 32.3 Å². The molecule has 0 spiro atoms. The summed E-state index contributed by atoms with van der Waals surface area (Å²) in [4.78, 5) is 0. The van der Waals surface area contributed by atoms with Crippen LogP contribution in [-0.4, -0.2) is 17.3 Å². The molecule has 2 rings (SSSR count). The maximum absolute atomic E-state index is 9.91. The van der Waals surface area contributed by atoms with Gasteiger partial charge in [-0.05, 0) is 35.7 Å². The SMILES string of the molecule is CCC(C)(O)CNCc1csc2ccccc12. The number of fused-ring (bicyclic) bond motifs is 1. The second kappa shape index (κ2) is 5.17. The third-order valence-corrected chi connectivity index (χ3v) is 4.16. The van der Waals surface area contributed by atoms with Crippen molar-refractivity contribution in [2.45, 2.75) is 32.4 Å². The van der Waals surface area contributed by atoms with Crippen LogP contribution in [0.3, 0.4) is 0 Å². The van der Waals surface area contributed by atoms with E-state index in [0.717, 1.165) is 13.0 Å². The van der Waals surface area contributed by atoms with Gasteiger partial charge in [-0.3, -0.25) is 0 Å². The van der Waals surface area contributed by atoms with E-state index in [0.29, 0.717) is 6.54 Å². The Morgan fingerprint density at radius 1 is 1.35 bits per heavy atom. The Hall–Kier alpha value is -0.900. The Bertz CT molecular complexity index is 490. The Kier molecular flexibility index (Phi) is 3.82. The maximum Gasteiger partial charge on any atom is 0.0741 e. The molecule has 17 heavy (non-hydrogen) atoms. The molecule has 0 bridgehead atoms. The van der Waals surface area contributed by atoms with E-state index < -0.39 is 5.60 Å². The highest BCUT2D eigenvalue weighted by atomic mass is 32.1. The first kappa shape index (κ1) is 12.6. The molecule has 0 saturated heterocycles. The predicted octanol–water partition coefficient (Wildman–Crippen LogP) is 3.15. The average molecular weight is 249 g/mol. The molecule has 2 aromatic rings. The predicted molar refractivity (Wildman–Crippen MR) is 74.4 cm³/mol. The fraction of sp³-hybridized carbons (Fsp3) is 0.429. The molecule has 0 aliphatic carbocycles. The third kappa shape index (κ3) is 3.06. The maximum atomic E-state index is 9.91. The molecule has 1 heterocycles. The van der Waals surface area contributed by atoms with E-state index in [1.165, 1.54) is 15.6 Å². The summed E-state index contributed by atoms with van der Waals surface area (Å²) in [6.07, 6.45) is 0.768. The van der Waals surface area contributed by atoms with Crippen LogP contribution in [0.1, 0.15) is 25.8 Å². The summed E-state index contributed by atoms with van der Waals surface area (Å²) in [6.45, 7) is 5.32. The molecule has 0 fully saturated rings. The van der Waals surface area contributed by atoms with E-state index in [-0.39, 0.29) is 0 Å². The molecule has 2 N–H and O–H groups in total. The van der Waals surface area contributed by atoms with Crippen LogP contribution >= 0.6 is 11.3 Å². The number of hydrogen-bond donors (Lipinski definition) is 2. The van der Waals surface area contributed by atoms with Gasteiger partial charge < -0.3 is 10.4 Å². The van der Waals surface area contributed by atoms with Gasteiger partial charge in [0.25, 0.3) is 0 Å². The van der Waals surface area contributed by atoms with Crippen LogP contribution in [0.25, 0.3) is 10.1 Å². The smallest absolute Gasteiger partial charge is 0.0741 e. The lowest BCUT2D eigenvalue weighted by molar-refractivity contribution is 0.0556. The van der Waals surface area contributed by atoms with Crippen LogP contribution < -0.4 is 5.32 Å². The van der Waals surface area contributed by atoms with Gasteiger partial charge in [-0.25, -0.2) is 0 Å². The van der Waals surface area contributed by atoms with Crippen LogP contribution in [0, 0.1) is 0 Å². The number of benzene rings is 1. The summed E-state index contributed by atoms with van der Waals surface area (Å²) >= 11 is 1.78. The van der Waals surface area contributed by atoms with Gasteiger partial charge in [0, 0.05) is 17.8 Å². The fourth-order valence-electron chi connectivity index (χ4n) is 1.76. The van der Waals surface area contributed by atoms with Gasteiger partial charge in [-0.1, -0.05) is 25.1 Å². The molecule has 1 aromatic heterocycles. The lowest BCUT2D eigenvalue weighted by Crippen LogP contribution is -2.36. The molecule has 0 aliphatic heterocycles. The van der Waals surface area contributed by atoms with Crippen molar-refractivity contribution in [2.24, 2.45) is 0 Å². The van der Waals surface area contributed by atoms with Crippen molar-refractivity contribution in [3.05, 3.63) is 35.2 Å². The molecule has 2 nitrogen and oxygen atoms in total. The standard InChI is InChI=1S/C14H19NOS/c1-3-14(2,16)10-15-8-11-9-17-13-7-5-4-6-12(11)13/h4-7,9,15-16H,3,8,10H2,1-2H3. The fourth-order valence-corrected chi connectivity index (χ4v) is 2.72. The Morgan fingerprint density at radius 2 is 2.12 bits per heavy atom. The van der Waals surface area contributed by atoms with Crippen molar-refractivity contribution in [2.75, 3.05) is 6.54 Å². The average Bonchev–Trinajstić information content (AvgIpc) is 2.73. The van der Waals surface area contributed by atoms with Gasteiger partial charge in [-0.2, -0.15) is 0 Å². The van der Waals surface area contributed by atoms with Crippen molar-refractivity contribution in [1.82, 2.24) is 5.32 Å². The molecular formula is C14H19NOS. The first-order valence-electron chi connectivity index (χ1n) is 6.00. The zero-order valence-electron chi connectivity index (χ0n) is 10.4. The molecule has 1 atom stereocenters. The van der Waals surface area contributed by atoms with Crippen LogP contribution in [0.2, 0.25) is 0 Å². The summed E-state index contributed by atoms with van der Waals surface area (Å²) in [5.74, 6) is 0. The molecule has 0 aliphatic rings. The number of aliphatic hydroxyl groups is 1. The number of thiophene rings is 1. The zero-order valence-corrected chi connectivity index (χ0v) is 11.2. The summed E-state index contributed by atoms with van der Waals surface area (Å²) in [6, 6.07) is 8.44. The van der Waals surface area contributed by atoms with Gasteiger partial charge in [0.2, 0.25) is 0 Å². The number of hydrogen-bond acceptors (Lipinski definition) is 3. The van der Waals surface area contributed by atoms with Gasteiger partial charge in [0.1, 0.15) is 0 Å². The van der Waals surface area contributed by atoms with E-state index in [9.17, 15) is 5.11 Å². The monoisotopic (exact) mass is 249 g/mol. The second-order valence-corrected chi connectivity index (χ2v) is 5.62. The summed E-state index contributed by atoms with van der Waals surface area (Å²) < 4.78 is 1.33. The van der Waals surface area contributed by atoms with Gasteiger partial charge >= 0.3 is 0 Å². The number of rotatable bonds is 5. The lowest BCUT2D eigenvalue weighted by Gasteiger charge is -2.21. The molecule has 92 valence electrons. The molecule has 0 amide bonds. The van der Waals surface area contributed by atoms with Crippen LogP contribution in [0.5, 0.6) is 0 Å². The quantitative estimate of drug-likeness (QED) is 0.853. The van der Waals surface area contributed by atoms with Crippen molar-refractivity contribution >= 4 is 21.4 Å². The summed E-state index contributed by atoms with van der Waals surface area (Å²) in [7, 11) is 0. The second-order valence-electron chi connectivity index (χ2n) is 4.71. The minimum absolute atomic E-state index is 0.605. The van der Waals surface area contributed by atoms with E-state index in [1.807, 2.05) is 13.8 Å². The largest absolute Gasteiger partial charge is 0.389 e. The van der Waals surface area contributed by atoms with Crippen LogP contribution in [-0.2, 0) is 6.54 Å². The third-order valence-electron chi connectivity index (χ3n) is 3.14. The van der Waals surface area contributed by atoms with E-state index in [4.69, 9.17) is 0 Å². The number of nitrogens with one attached hydrogen (secondary N) is 1. The first-order valence-corrected chi connectivity index (χ1v) is 6.88. The summed E-state index contributed by atoms with van der Waals surface area (Å²) in [5.41, 5.74) is 0.712. The molecule has 0 saturated carbocycles. The lowest BCUT2D eigenvalue weighted by atomic mass is 10.0. The van der Waals surface area contributed by atoms with Gasteiger partial charge in [0.15, 0.2) is 0 Å². The van der Waals surface area contributed by atoms with E-state index in [2.05, 4.69) is 35.0 Å². The van der Waals surface area contributed by atoms with Crippen molar-refractivity contribution in [3.63, 3.8) is 0 Å². The van der Waals surface area contributed by atoms with Crippen molar-refractivity contribution in [3.8, 4) is 0 Å². The molecular weight excluding hydrogens is 230 g/mol. The molecule has 0 radical (unpaired) electrons. The highest BCUT2D eigenvalue weighted by Gasteiger charge is 2.16. The Morgan fingerprint density at radius 3 is 2.88 bits per heavy atom. The Labute approximate surface area is 106 Å². The first-order chi connectivity index (χ1) is 8.12. The van der Waals surface area contributed by atoms with Crippen LogP contribution in [0.15, 0.2) is 29.6 Å². The Balaban J connectivity index is 2.00. The van der Waals surface area contributed by atoms with E-state index in [1.54, 1.807) is 11.3 Å². The van der Waals surface area contributed by atoms with E-state index >= 15 is 0 Å². The highest BCUT2D eigenvalue weighted by molar-refractivity contribution is 7.17. The molecule has 3 heteroatoms. The van der Waals surface area contributed by atoms with Gasteiger partial charge in [0.05, 0.1) is 5.60 Å². The molecule has 1 aromatic carbocycles. The molecule has 1 unspecified atom stereocenters. The normalized spacial score (nSPS) is 15.0. The van der Waals surface area contributed by atoms with Crippen LogP contribution in [0.4, 0.5) is 0 Å². The zero-order chi connectivity index (χ0) is 12.3. The minimum Gasteiger partial charge on any atom is -0.389 e. The van der Waals surface area contributed by atoms with Crippen molar-refractivity contribution in [1.29, 1.82) is 0 Å². The minimum atomic E-state index is -0.605. The summed E-state index contributed by atoms with van der Waals surface area (Å²) in [5, 5.41) is 16.7. The van der Waals surface area contributed by atoms with Crippen molar-refractivity contribution < 1.29 is 5.11 Å². The highest BCUT2D eigenvalue weighted by Crippen LogP contribution is 2.25. The van der Waals surface area contributed by atoms with Gasteiger partial charge in [-0.15, -0.1) is 11.3 Å².